The summed E-state index contributed by atoms with van der Waals surface area (Å²) in [4.78, 5) is 0. The van der Waals surface area contributed by atoms with E-state index in [1.54, 1.807) is 12.1 Å². The van der Waals surface area contributed by atoms with Gasteiger partial charge in [-0.25, -0.2) is 0 Å². The average molecular weight is 229 g/mol. The van der Waals surface area contributed by atoms with Gasteiger partial charge in [0.2, 0.25) is 5.89 Å². The van der Waals surface area contributed by atoms with E-state index < -0.39 is 0 Å². The molecule has 3 nitrogen and oxygen atoms in total. The third kappa shape index (κ3) is 1.74. The van der Waals surface area contributed by atoms with E-state index in [-0.39, 0.29) is 5.35 Å². The van der Waals surface area contributed by atoms with E-state index in [1.165, 1.54) is 0 Å². The van der Waals surface area contributed by atoms with Crippen LogP contribution in [0.1, 0.15) is 5.56 Å². The molecule has 14 heavy (non-hydrogen) atoms. The van der Waals surface area contributed by atoms with Gasteiger partial charge < -0.3 is 4.42 Å². The van der Waals surface area contributed by atoms with Gasteiger partial charge in [0.25, 0.3) is 0 Å². The zero-order valence-corrected chi connectivity index (χ0v) is 8.80. The molecule has 0 bridgehead atoms. The standard InChI is InChI=1S/C9H6Cl2N2O/c1-5-4-6(2-3-7(5)10)8-12-13-9(11)14-8/h2-4H,1H3. The highest BCUT2D eigenvalue weighted by atomic mass is 35.5. The molecule has 0 saturated carbocycles. The average Bonchev–Trinajstić information content (AvgIpc) is 2.57. The lowest BCUT2D eigenvalue weighted by Crippen LogP contribution is -1.80. The molecule has 0 amide bonds. The molecule has 72 valence electrons. The van der Waals surface area contributed by atoms with Crippen molar-refractivity contribution in [1.82, 2.24) is 10.2 Å². The molecule has 0 atom stereocenters. The van der Waals surface area contributed by atoms with Gasteiger partial charge in [0.05, 0.1) is 0 Å². The van der Waals surface area contributed by atoms with Crippen LogP contribution in [0.4, 0.5) is 0 Å². The van der Waals surface area contributed by atoms with Gasteiger partial charge in [0, 0.05) is 10.6 Å². The molecule has 5 heteroatoms. The van der Waals surface area contributed by atoms with Crippen LogP contribution < -0.4 is 0 Å². The smallest absolute Gasteiger partial charge is 0.313 e. The summed E-state index contributed by atoms with van der Waals surface area (Å²) in [6, 6.07) is 5.45. The van der Waals surface area contributed by atoms with E-state index >= 15 is 0 Å². The topological polar surface area (TPSA) is 38.9 Å². The Morgan fingerprint density at radius 3 is 2.57 bits per heavy atom. The molecule has 0 spiro atoms. The van der Waals surface area contributed by atoms with Crippen LogP contribution in [0.5, 0.6) is 0 Å². The molecule has 0 aliphatic heterocycles. The van der Waals surface area contributed by atoms with Crippen LogP contribution in [0.15, 0.2) is 22.6 Å². The van der Waals surface area contributed by atoms with Crippen molar-refractivity contribution in [1.29, 1.82) is 0 Å². The first-order valence-corrected chi connectivity index (χ1v) is 4.68. The SMILES string of the molecule is Cc1cc(-c2nnc(Cl)o2)ccc1Cl. The Kier molecular flexibility index (Phi) is 2.44. The number of rotatable bonds is 1. The Morgan fingerprint density at radius 1 is 1.21 bits per heavy atom. The van der Waals surface area contributed by atoms with Crippen LogP contribution in [0.25, 0.3) is 11.5 Å². The van der Waals surface area contributed by atoms with Gasteiger partial charge in [0.1, 0.15) is 0 Å². The van der Waals surface area contributed by atoms with E-state index in [0.29, 0.717) is 10.9 Å². The number of benzene rings is 1. The minimum atomic E-state index is 0.0348. The van der Waals surface area contributed by atoms with Crippen molar-refractivity contribution in [3.05, 3.63) is 34.1 Å². The Morgan fingerprint density at radius 2 is 2.00 bits per heavy atom. The Balaban J connectivity index is 2.47. The maximum absolute atomic E-state index is 5.88. The zero-order valence-electron chi connectivity index (χ0n) is 7.29. The summed E-state index contributed by atoms with van der Waals surface area (Å²) in [5.41, 5.74) is 1.77. The largest absolute Gasteiger partial charge is 0.407 e. The molecule has 0 N–H and O–H groups in total. The van der Waals surface area contributed by atoms with Gasteiger partial charge in [-0.05, 0) is 42.3 Å². The predicted octanol–water partition coefficient (Wildman–Crippen LogP) is 3.35. The highest BCUT2D eigenvalue weighted by Gasteiger charge is 2.07. The lowest BCUT2D eigenvalue weighted by molar-refractivity contribution is 0.571. The third-order valence-corrected chi connectivity index (χ3v) is 2.38. The maximum Gasteiger partial charge on any atom is 0.313 e. The molecular weight excluding hydrogens is 223 g/mol. The molecule has 2 aromatic rings. The Hall–Kier alpha value is -1.06. The molecule has 0 radical (unpaired) electrons. The normalized spacial score (nSPS) is 10.5. The highest BCUT2D eigenvalue weighted by Crippen LogP contribution is 2.24. The first-order valence-electron chi connectivity index (χ1n) is 3.92. The molecule has 2 rings (SSSR count). The quantitative estimate of drug-likeness (QED) is 0.752. The van der Waals surface area contributed by atoms with Crippen LogP contribution in [-0.2, 0) is 0 Å². The first-order chi connectivity index (χ1) is 6.66. The van der Waals surface area contributed by atoms with Crippen LogP contribution >= 0.6 is 23.2 Å². The summed E-state index contributed by atoms with van der Waals surface area (Å²) in [6.07, 6.45) is 0. The second-order valence-electron chi connectivity index (χ2n) is 2.82. The number of aryl methyl sites for hydroxylation is 1. The third-order valence-electron chi connectivity index (χ3n) is 1.81. The van der Waals surface area contributed by atoms with E-state index in [0.717, 1.165) is 11.1 Å². The summed E-state index contributed by atoms with van der Waals surface area (Å²) >= 11 is 11.4. The van der Waals surface area contributed by atoms with Crippen molar-refractivity contribution < 1.29 is 4.42 Å². The van der Waals surface area contributed by atoms with Crippen molar-refractivity contribution in [3.63, 3.8) is 0 Å². The van der Waals surface area contributed by atoms with E-state index in [4.69, 9.17) is 27.6 Å². The number of hydrogen-bond acceptors (Lipinski definition) is 3. The van der Waals surface area contributed by atoms with Crippen molar-refractivity contribution in [2.75, 3.05) is 0 Å². The summed E-state index contributed by atoms with van der Waals surface area (Å²) in [6.45, 7) is 1.91. The van der Waals surface area contributed by atoms with Gasteiger partial charge in [-0.1, -0.05) is 16.7 Å². The molecule has 0 aliphatic rings. The highest BCUT2D eigenvalue weighted by molar-refractivity contribution is 6.31. The van der Waals surface area contributed by atoms with Crippen molar-refractivity contribution in [3.8, 4) is 11.5 Å². The molecule has 0 aliphatic carbocycles. The molecule has 0 unspecified atom stereocenters. The van der Waals surface area contributed by atoms with E-state index in [1.807, 2.05) is 13.0 Å². The Labute approximate surface area is 90.7 Å². The van der Waals surface area contributed by atoms with Crippen molar-refractivity contribution in [2.24, 2.45) is 0 Å². The van der Waals surface area contributed by atoms with Crippen molar-refractivity contribution >= 4 is 23.2 Å². The fourth-order valence-electron chi connectivity index (χ4n) is 1.10. The second-order valence-corrected chi connectivity index (χ2v) is 3.55. The predicted molar refractivity (Wildman–Crippen MR) is 54.5 cm³/mol. The van der Waals surface area contributed by atoms with Crippen LogP contribution in [0.3, 0.4) is 0 Å². The van der Waals surface area contributed by atoms with Gasteiger partial charge in [-0.15, -0.1) is 5.10 Å². The summed E-state index contributed by atoms with van der Waals surface area (Å²) in [5, 5.41) is 8.07. The van der Waals surface area contributed by atoms with Crippen LogP contribution in [0, 0.1) is 6.92 Å². The summed E-state index contributed by atoms with van der Waals surface area (Å²) in [7, 11) is 0. The fourth-order valence-corrected chi connectivity index (χ4v) is 1.33. The summed E-state index contributed by atoms with van der Waals surface area (Å²) in [5.74, 6) is 0.398. The maximum atomic E-state index is 5.88. The fraction of sp³-hybridized carbons (Fsp3) is 0.111. The lowest BCUT2D eigenvalue weighted by atomic mass is 10.1. The summed E-state index contributed by atoms with van der Waals surface area (Å²) < 4.78 is 5.06. The molecule has 1 aromatic carbocycles. The second kappa shape index (κ2) is 3.59. The minimum Gasteiger partial charge on any atom is -0.407 e. The van der Waals surface area contributed by atoms with Gasteiger partial charge in [-0.3, -0.25) is 0 Å². The van der Waals surface area contributed by atoms with Crippen LogP contribution in [0.2, 0.25) is 10.4 Å². The molecular formula is C9H6Cl2N2O. The molecule has 1 heterocycles. The molecule has 1 aromatic heterocycles. The molecule has 0 fully saturated rings. The van der Waals surface area contributed by atoms with Gasteiger partial charge >= 0.3 is 5.35 Å². The minimum absolute atomic E-state index is 0.0348. The lowest BCUT2D eigenvalue weighted by Gasteiger charge is -1.98. The van der Waals surface area contributed by atoms with E-state index in [9.17, 15) is 0 Å². The first kappa shape index (κ1) is 9.49. The van der Waals surface area contributed by atoms with Crippen molar-refractivity contribution in [2.45, 2.75) is 6.92 Å². The van der Waals surface area contributed by atoms with Gasteiger partial charge in [-0.2, -0.15) is 0 Å². The number of nitrogens with zero attached hydrogens (tertiary/aromatic N) is 2. The monoisotopic (exact) mass is 228 g/mol. The Bertz CT molecular complexity index is 468. The van der Waals surface area contributed by atoms with Gasteiger partial charge in [0.15, 0.2) is 0 Å². The molecule has 0 saturated heterocycles. The number of halogens is 2. The number of aromatic nitrogens is 2. The van der Waals surface area contributed by atoms with Crippen LogP contribution in [-0.4, -0.2) is 10.2 Å². The number of hydrogen-bond donors (Lipinski definition) is 0. The zero-order chi connectivity index (χ0) is 10.1. The van der Waals surface area contributed by atoms with E-state index in [2.05, 4.69) is 10.2 Å².